The van der Waals surface area contributed by atoms with Crippen molar-refractivity contribution in [2.24, 2.45) is 0 Å². The predicted molar refractivity (Wildman–Crippen MR) is 86.6 cm³/mol. The molecule has 5 nitrogen and oxygen atoms in total. The maximum Gasteiger partial charge on any atom is 0.258 e. The van der Waals surface area contributed by atoms with E-state index in [4.69, 9.17) is 9.15 Å². The van der Waals surface area contributed by atoms with Gasteiger partial charge in [-0.25, -0.2) is 0 Å². The van der Waals surface area contributed by atoms with E-state index in [0.717, 1.165) is 18.6 Å². The number of ketones is 1. The van der Waals surface area contributed by atoms with Crippen molar-refractivity contribution in [3.8, 4) is 5.75 Å². The van der Waals surface area contributed by atoms with Crippen LogP contribution in [0.4, 0.5) is 0 Å². The Morgan fingerprint density at radius 3 is 2.57 bits per heavy atom. The minimum atomic E-state index is -0.174. The van der Waals surface area contributed by atoms with Gasteiger partial charge < -0.3 is 14.5 Å². The van der Waals surface area contributed by atoms with Gasteiger partial charge in [-0.2, -0.15) is 0 Å². The van der Waals surface area contributed by atoms with Crippen LogP contribution in [0.5, 0.6) is 5.75 Å². The Labute approximate surface area is 135 Å². The van der Waals surface area contributed by atoms with Gasteiger partial charge in [0.05, 0.1) is 6.26 Å². The van der Waals surface area contributed by atoms with E-state index < -0.39 is 0 Å². The van der Waals surface area contributed by atoms with Crippen molar-refractivity contribution >= 4 is 11.7 Å². The van der Waals surface area contributed by atoms with E-state index in [0.29, 0.717) is 11.3 Å². The number of furan rings is 1. The molecule has 23 heavy (non-hydrogen) atoms. The molecule has 0 saturated carbocycles. The molecule has 1 atom stereocenters. The lowest BCUT2D eigenvalue weighted by Crippen LogP contribution is -2.36. The summed E-state index contributed by atoms with van der Waals surface area (Å²) in [7, 11) is 0. The molecule has 2 aromatic rings. The third kappa shape index (κ3) is 5.62. The van der Waals surface area contributed by atoms with Gasteiger partial charge in [0.2, 0.25) is 0 Å². The first-order chi connectivity index (χ1) is 11.0. The van der Waals surface area contributed by atoms with Gasteiger partial charge in [-0.1, -0.05) is 0 Å². The fourth-order valence-electron chi connectivity index (χ4n) is 2.14. The number of amides is 1. The van der Waals surface area contributed by atoms with Crippen molar-refractivity contribution in [1.82, 2.24) is 5.32 Å². The van der Waals surface area contributed by atoms with E-state index >= 15 is 0 Å². The number of hydrogen-bond donors (Lipinski definition) is 1. The van der Waals surface area contributed by atoms with Gasteiger partial charge in [0.1, 0.15) is 11.5 Å². The average molecular weight is 315 g/mol. The fourth-order valence-corrected chi connectivity index (χ4v) is 2.14. The second-order valence-corrected chi connectivity index (χ2v) is 5.46. The third-order valence-corrected chi connectivity index (χ3v) is 3.44. The molecule has 1 aromatic carbocycles. The highest BCUT2D eigenvalue weighted by atomic mass is 16.5. The Kier molecular flexibility index (Phi) is 5.97. The molecule has 0 aliphatic heterocycles. The molecule has 0 bridgehead atoms. The normalized spacial score (nSPS) is 11.7. The maximum absolute atomic E-state index is 11.8. The quantitative estimate of drug-likeness (QED) is 0.760. The summed E-state index contributed by atoms with van der Waals surface area (Å²) in [6, 6.07) is 10.5. The van der Waals surface area contributed by atoms with Crippen LogP contribution < -0.4 is 10.1 Å². The lowest BCUT2D eigenvalue weighted by Gasteiger charge is -2.13. The van der Waals surface area contributed by atoms with Gasteiger partial charge in [0.15, 0.2) is 12.4 Å². The first-order valence-electron chi connectivity index (χ1n) is 7.60. The Morgan fingerprint density at radius 1 is 1.22 bits per heavy atom. The summed E-state index contributed by atoms with van der Waals surface area (Å²) < 4.78 is 10.7. The van der Waals surface area contributed by atoms with Gasteiger partial charge in [0, 0.05) is 18.0 Å². The van der Waals surface area contributed by atoms with Crippen LogP contribution >= 0.6 is 0 Å². The predicted octanol–water partition coefficient (Wildman–Crippen LogP) is 3.00. The number of carbonyl (C=O) groups is 2. The summed E-state index contributed by atoms with van der Waals surface area (Å²) in [6.45, 7) is 3.40. The highest BCUT2D eigenvalue weighted by molar-refractivity contribution is 5.94. The molecular formula is C18H21NO4. The van der Waals surface area contributed by atoms with E-state index in [1.807, 2.05) is 19.1 Å². The summed E-state index contributed by atoms with van der Waals surface area (Å²) >= 11 is 0. The molecule has 0 saturated heterocycles. The molecule has 0 aliphatic rings. The summed E-state index contributed by atoms with van der Waals surface area (Å²) in [5, 5.41) is 2.88. The van der Waals surface area contributed by atoms with Crippen LogP contribution in [0, 0.1) is 0 Å². The largest absolute Gasteiger partial charge is 0.484 e. The SMILES string of the molecule is CC(=O)c1ccc(OCC(=O)NC(C)CCc2ccco2)cc1. The summed E-state index contributed by atoms with van der Waals surface area (Å²) in [6.07, 6.45) is 3.22. The molecule has 1 amide bonds. The molecule has 2 rings (SSSR count). The van der Waals surface area contributed by atoms with Crippen LogP contribution in [0.1, 0.15) is 36.4 Å². The molecule has 1 heterocycles. The lowest BCUT2D eigenvalue weighted by molar-refractivity contribution is -0.123. The van der Waals surface area contributed by atoms with Crippen molar-refractivity contribution < 1.29 is 18.7 Å². The minimum absolute atomic E-state index is 0.000301. The van der Waals surface area contributed by atoms with Crippen LogP contribution in [0.15, 0.2) is 47.1 Å². The Bertz CT molecular complexity index is 632. The number of hydrogen-bond acceptors (Lipinski definition) is 4. The number of carbonyl (C=O) groups excluding carboxylic acids is 2. The summed E-state index contributed by atoms with van der Waals surface area (Å²) in [5.74, 6) is 1.30. The Balaban J connectivity index is 1.70. The minimum Gasteiger partial charge on any atom is -0.484 e. The Morgan fingerprint density at radius 2 is 1.96 bits per heavy atom. The maximum atomic E-state index is 11.8. The van der Waals surface area contributed by atoms with E-state index in [2.05, 4.69) is 5.32 Å². The van der Waals surface area contributed by atoms with Crippen LogP contribution in [0.3, 0.4) is 0 Å². The highest BCUT2D eigenvalue weighted by Crippen LogP contribution is 2.12. The first-order valence-corrected chi connectivity index (χ1v) is 7.60. The van der Waals surface area contributed by atoms with Gasteiger partial charge in [-0.05, 0) is 56.7 Å². The molecule has 1 N–H and O–H groups in total. The number of nitrogens with one attached hydrogen (secondary N) is 1. The van der Waals surface area contributed by atoms with Crippen molar-refractivity contribution in [1.29, 1.82) is 0 Å². The van der Waals surface area contributed by atoms with E-state index in [-0.39, 0.29) is 24.3 Å². The molecule has 0 radical (unpaired) electrons. The van der Waals surface area contributed by atoms with Crippen molar-refractivity contribution in [3.63, 3.8) is 0 Å². The van der Waals surface area contributed by atoms with Gasteiger partial charge in [-0.3, -0.25) is 9.59 Å². The summed E-state index contributed by atoms with van der Waals surface area (Å²) in [5.41, 5.74) is 0.619. The Hall–Kier alpha value is -2.56. The lowest BCUT2D eigenvalue weighted by atomic mass is 10.1. The molecule has 0 spiro atoms. The van der Waals surface area contributed by atoms with E-state index in [1.54, 1.807) is 30.5 Å². The standard InChI is InChI=1S/C18H21NO4/c1-13(5-8-16-4-3-11-22-16)19-18(21)12-23-17-9-6-15(7-10-17)14(2)20/h3-4,6-7,9-11,13H,5,8,12H2,1-2H3,(H,19,21). The topological polar surface area (TPSA) is 68.5 Å². The molecule has 5 heteroatoms. The van der Waals surface area contributed by atoms with Crippen molar-refractivity contribution in [2.75, 3.05) is 6.61 Å². The molecule has 1 aromatic heterocycles. The molecule has 1 unspecified atom stereocenters. The van der Waals surface area contributed by atoms with E-state index in [9.17, 15) is 9.59 Å². The van der Waals surface area contributed by atoms with Crippen LogP contribution in [0.25, 0.3) is 0 Å². The van der Waals surface area contributed by atoms with E-state index in [1.165, 1.54) is 6.92 Å². The zero-order valence-electron chi connectivity index (χ0n) is 13.4. The number of aryl methyl sites for hydroxylation is 1. The average Bonchev–Trinajstić information content (AvgIpc) is 3.05. The zero-order chi connectivity index (χ0) is 16.7. The fraction of sp³-hybridized carbons (Fsp3) is 0.333. The second kappa shape index (κ2) is 8.17. The first kappa shape index (κ1) is 16.8. The van der Waals surface area contributed by atoms with Crippen molar-refractivity contribution in [3.05, 3.63) is 54.0 Å². The third-order valence-electron chi connectivity index (χ3n) is 3.44. The molecule has 122 valence electrons. The number of rotatable bonds is 8. The van der Waals surface area contributed by atoms with Crippen LogP contribution in [-0.2, 0) is 11.2 Å². The van der Waals surface area contributed by atoms with Crippen LogP contribution in [0.2, 0.25) is 0 Å². The molecular weight excluding hydrogens is 294 g/mol. The van der Waals surface area contributed by atoms with Gasteiger partial charge >= 0.3 is 0 Å². The number of ether oxygens (including phenoxy) is 1. The number of Topliss-reactive ketones (excluding diaryl/α,β-unsaturated/α-hetero) is 1. The smallest absolute Gasteiger partial charge is 0.258 e. The summed E-state index contributed by atoms with van der Waals surface area (Å²) in [4.78, 5) is 23.0. The molecule has 0 fully saturated rings. The monoisotopic (exact) mass is 315 g/mol. The zero-order valence-corrected chi connectivity index (χ0v) is 13.4. The van der Waals surface area contributed by atoms with Gasteiger partial charge in [0.25, 0.3) is 5.91 Å². The second-order valence-electron chi connectivity index (χ2n) is 5.46. The van der Waals surface area contributed by atoms with Crippen molar-refractivity contribution in [2.45, 2.75) is 32.7 Å². The molecule has 0 aliphatic carbocycles. The number of benzene rings is 1. The van der Waals surface area contributed by atoms with Crippen LogP contribution in [-0.4, -0.2) is 24.3 Å². The highest BCUT2D eigenvalue weighted by Gasteiger charge is 2.09. The van der Waals surface area contributed by atoms with Gasteiger partial charge in [-0.15, -0.1) is 0 Å².